The van der Waals surface area contributed by atoms with Crippen LogP contribution in [0.1, 0.15) is 49.4 Å². The van der Waals surface area contributed by atoms with Crippen molar-refractivity contribution >= 4 is 5.82 Å². The Kier molecular flexibility index (Phi) is 4.44. The van der Waals surface area contributed by atoms with Crippen LogP contribution in [0.4, 0.5) is 5.82 Å². The number of nitrogens with zero attached hydrogens (tertiary/aromatic N) is 3. The van der Waals surface area contributed by atoms with Gasteiger partial charge >= 0.3 is 0 Å². The van der Waals surface area contributed by atoms with Gasteiger partial charge in [-0.2, -0.15) is 5.10 Å². The molecule has 1 aromatic heterocycles. The Morgan fingerprint density at radius 2 is 1.96 bits per heavy atom. The summed E-state index contributed by atoms with van der Waals surface area (Å²) in [6, 6.07) is 6.57. The average molecular weight is 368 g/mol. The summed E-state index contributed by atoms with van der Waals surface area (Å²) in [7, 11) is 2.24. The number of aromatic nitrogens is 2. The van der Waals surface area contributed by atoms with E-state index in [1.54, 1.807) is 0 Å². The van der Waals surface area contributed by atoms with Crippen molar-refractivity contribution in [1.29, 1.82) is 0 Å². The van der Waals surface area contributed by atoms with Crippen molar-refractivity contribution in [3.8, 4) is 17.2 Å². The molecule has 5 rings (SSSR count). The molecule has 3 aliphatic heterocycles. The van der Waals surface area contributed by atoms with Crippen LogP contribution in [-0.4, -0.2) is 48.0 Å². The smallest absolute Gasteiger partial charge is 0.163 e. The van der Waals surface area contributed by atoms with Crippen LogP contribution in [0.2, 0.25) is 0 Å². The van der Waals surface area contributed by atoms with Gasteiger partial charge in [0.05, 0.1) is 17.4 Å². The highest BCUT2D eigenvalue weighted by atomic mass is 16.6. The first kappa shape index (κ1) is 16.9. The molecule has 1 atom stereocenters. The molecule has 0 spiro atoms. The average Bonchev–Trinajstić information content (AvgIpc) is 2.89. The third kappa shape index (κ3) is 3.06. The van der Waals surface area contributed by atoms with E-state index in [4.69, 9.17) is 14.6 Å². The van der Waals surface area contributed by atoms with Gasteiger partial charge in [0.1, 0.15) is 19.0 Å². The van der Waals surface area contributed by atoms with E-state index in [1.807, 2.05) is 6.07 Å². The number of benzene rings is 1. The lowest BCUT2D eigenvalue weighted by molar-refractivity contribution is 0.171. The molecular formula is C21H28N4O2. The van der Waals surface area contributed by atoms with Gasteiger partial charge in [-0.3, -0.25) is 4.90 Å². The van der Waals surface area contributed by atoms with E-state index < -0.39 is 0 Å². The lowest BCUT2D eigenvalue weighted by Gasteiger charge is -2.31. The summed E-state index contributed by atoms with van der Waals surface area (Å²) in [5.41, 5.74) is 3.70. The summed E-state index contributed by atoms with van der Waals surface area (Å²) in [6.45, 7) is 3.38. The van der Waals surface area contributed by atoms with Crippen molar-refractivity contribution in [2.75, 3.05) is 38.7 Å². The molecule has 1 aromatic carbocycles. The van der Waals surface area contributed by atoms with Crippen molar-refractivity contribution in [2.24, 2.45) is 0 Å². The van der Waals surface area contributed by atoms with E-state index in [9.17, 15) is 0 Å². The Bertz CT molecular complexity index is 832. The lowest BCUT2D eigenvalue weighted by atomic mass is 9.96. The fourth-order valence-corrected chi connectivity index (χ4v) is 4.57. The predicted octanol–water partition coefficient (Wildman–Crippen LogP) is 3.55. The zero-order valence-electron chi connectivity index (χ0n) is 16.0. The van der Waals surface area contributed by atoms with Crippen LogP contribution in [0.15, 0.2) is 18.2 Å². The summed E-state index contributed by atoms with van der Waals surface area (Å²) in [6.07, 6.45) is 7.30. The van der Waals surface area contributed by atoms with Crippen molar-refractivity contribution < 1.29 is 9.47 Å². The van der Waals surface area contributed by atoms with E-state index in [2.05, 4.69) is 34.1 Å². The molecular weight excluding hydrogens is 340 g/mol. The van der Waals surface area contributed by atoms with Crippen molar-refractivity contribution in [3.63, 3.8) is 0 Å². The van der Waals surface area contributed by atoms with Gasteiger partial charge in [0.2, 0.25) is 0 Å². The Labute approximate surface area is 160 Å². The molecule has 144 valence electrons. The van der Waals surface area contributed by atoms with Crippen molar-refractivity contribution in [2.45, 2.75) is 44.6 Å². The number of anilines is 1. The first-order chi connectivity index (χ1) is 13.3. The standard InChI is InChI=1S/C21H28N4O2/c1-24-11-5-3-7-17(24)20-16-6-2-4-10-22-21(16)25(23-20)15-8-9-18-19(14-15)27-13-12-26-18/h8-9,14,17,22H,2-7,10-13H2,1H3. The topological polar surface area (TPSA) is 51.6 Å². The van der Waals surface area contributed by atoms with Gasteiger partial charge in [-0.25, -0.2) is 4.68 Å². The minimum absolute atomic E-state index is 0.422. The summed E-state index contributed by atoms with van der Waals surface area (Å²) in [5.74, 6) is 2.80. The lowest BCUT2D eigenvalue weighted by Crippen LogP contribution is -2.30. The molecule has 2 aromatic rings. The van der Waals surface area contributed by atoms with E-state index in [1.165, 1.54) is 43.4 Å². The number of nitrogens with one attached hydrogen (secondary N) is 1. The Morgan fingerprint density at radius 1 is 1.07 bits per heavy atom. The maximum atomic E-state index is 5.80. The van der Waals surface area contributed by atoms with Gasteiger partial charge in [-0.1, -0.05) is 6.42 Å². The number of hydrogen-bond acceptors (Lipinski definition) is 5. The van der Waals surface area contributed by atoms with Crippen LogP contribution in [0.3, 0.4) is 0 Å². The summed E-state index contributed by atoms with van der Waals surface area (Å²) < 4.78 is 13.6. The van der Waals surface area contributed by atoms with Crippen LogP contribution in [0.25, 0.3) is 5.69 Å². The maximum Gasteiger partial charge on any atom is 0.163 e. The Hall–Kier alpha value is -2.21. The minimum atomic E-state index is 0.422. The van der Waals surface area contributed by atoms with Crippen LogP contribution in [0.5, 0.6) is 11.5 Å². The molecule has 6 heteroatoms. The Morgan fingerprint density at radius 3 is 2.85 bits per heavy atom. The molecule has 0 aliphatic carbocycles. The molecule has 27 heavy (non-hydrogen) atoms. The quantitative estimate of drug-likeness (QED) is 0.879. The molecule has 1 fully saturated rings. The van der Waals surface area contributed by atoms with Gasteiger partial charge in [0, 0.05) is 18.2 Å². The van der Waals surface area contributed by atoms with Crippen molar-refractivity contribution in [3.05, 3.63) is 29.5 Å². The number of likely N-dealkylation sites (tertiary alicyclic amines) is 1. The number of hydrogen-bond donors (Lipinski definition) is 1. The highest BCUT2D eigenvalue weighted by Crippen LogP contribution is 2.38. The highest BCUT2D eigenvalue weighted by molar-refractivity contribution is 5.58. The first-order valence-electron chi connectivity index (χ1n) is 10.3. The molecule has 4 heterocycles. The van der Waals surface area contributed by atoms with Crippen LogP contribution >= 0.6 is 0 Å². The summed E-state index contributed by atoms with van der Waals surface area (Å²) in [4.78, 5) is 2.48. The zero-order chi connectivity index (χ0) is 18.2. The molecule has 0 saturated carbocycles. The fraction of sp³-hybridized carbons (Fsp3) is 0.571. The van der Waals surface area contributed by atoms with Gasteiger partial charge < -0.3 is 14.8 Å². The van der Waals surface area contributed by atoms with Gasteiger partial charge in [0.15, 0.2) is 11.5 Å². The van der Waals surface area contributed by atoms with Gasteiger partial charge in [-0.15, -0.1) is 0 Å². The van der Waals surface area contributed by atoms with E-state index in [0.29, 0.717) is 19.3 Å². The first-order valence-corrected chi connectivity index (χ1v) is 10.3. The zero-order valence-corrected chi connectivity index (χ0v) is 16.0. The summed E-state index contributed by atoms with van der Waals surface area (Å²) in [5, 5.41) is 8.80. The number of ether oxygens (including phenoxy) is 2. The van der Waals surface area contributed by atoms with Crippen LogP contribution < -0.4 is 14.8 Å². The second kappa shape index (κ2) is 7.08. The molecule has 1 N–H and O–H groups in total. The van der Waals surface area contributed by atoms with Crippen LogP contribution in [-0.2, 0) is 6.42 Å². The molecule has 3 aliphatic rings. The van der Waals surface area contributed by atoms with Gasteiger partial charge in [0.25, 0.3) is 0 Å². The number of piperidine rings is 1. The SMILES string of the molecule is CN1CCCCC1c1nn(-c2ccc3c(c2)OCCO3)c2c1CCCCN2. The van der Waals surface area contributed by atoms with Crippen molar-refractivity contribution in [1.82, 2.24) is 14.7 Å². The summed E-state index contributed by atoms with van der Waals surface area (Å²) >= 11 is 0. The molecule has 1 unspecified atom stereocenters. The molecule has 0 amide bonds. The van der Waals surface area contributed by atoms with Gasteiger partial charge in [-0.05, 0) is 57.8 Å². The number of rotatable bonds is 2. The highest BCUT2D eigenvalue weighted by Gasteiger charge is 2.30. The van der Waals surface area contributed by atoms with E-state index in [-0.39, 0.29) is 0 Å². The second-order valence-electron chi connectivity index (χ2n) is 7.83. The van der Waals surface area contributed by atoms with E-state index >= 15 is 0 Å². The number of fused-ring (bicyclic) bond motifs is 2. The molecule has 1 saturated heterocycles. The van der Waals surface area contributed by atoms with Crippen LogP contribution in [0, 0.1) is 0 Å². The van der Waals surface area contributed by atoms with E-state index in [0.717, 1.165) is 42.5 Å². The fourth-order valence-electron chi connectivity index (χ4n) is 4.57. The monoisotopic (exact) mass is 368 g/mol. The minimum Gasteiger partial charge on any atom is -0.486 e. The largest absolute Gasteiger partial charge is 0.486 e. The normalized spacial score (nSPS) is 22.6. The molecule has 6 nitrogen and oxygen atoms in total. The predicted molar refractivity (Wildman–Crippen MR) is 105 cm³/mol. The third-order valence-corrected chi connectivity index (χ3v) is 6.02. The Balaban J connectivity index is 1.60. The second-order valence-corrected chi connectivity index (χ2v) is 7.83. The molecule has 0 bridgehead atoms. The third-order valence-electron chi connectivity index (χ3n) is 6.02. The maximum absolute atomic E-state index is 5.80. The molecule has 0 radical (unpaired) electrons.